The molecule has 0 saturated heterocycles. The summed E-state index contributed by atoms with van der Waals surface area (Å²) in [6, 6.07) is 8.61. The van der Waals surface area contributed by atoms with Gasteiger partial charge in [-0.1, -0.05) is 42.5 Å². The summed E-state index contributed by atoms with van der Waals surface area (Å²) in [5.41, 5.74) is 2.89. The Hall–Kier alpha value is -1.26. The van der Waals surface area contributed by atoms with E-state index < -0.39 is 0 Å². The maximum absolute atomic E-state index is 4.32. The van der Waals surface area contributed by atoms with Crippen molar-refractivity contribution in [1.82, 2.24) is 15.5 Å². The van der Waals surface area contributed by atoms with Crippen LogP contribution < -0.4 is 5.32 Å². The number of hydrogen-bond acceptors (Lipinski definition) is 4. The Morgan fingerprint density at radius 1 is 1.35 bits per heavy atom. The van der Waals surface area contributed by atoms with E-state index in [1.165, 1.54) is 11.1 Å². The maximum Gasteiger partial charge on any atom is 0.131 e. The molecule has 0 radical (unpaired) electrons. The van der Waals surface area contributed by atoms with Gasteiger partial charge >= 0.3 is 0 Å². The Bertz CT molecular complexity index is 521. The van der Waals surface area contributed by atoms with Crippen molar-refractivity contribution >= 4 is 11.3 Å². The minimum atomic E-state index is 0.485. The molecule has 1 aromatic carbocycles. The van der Waals surface area contributed by atoms with Gasteiger partial charge in [0.25, 0.3) is 0 Å². The summed E-state index contributed by atoms with van der Waals surface area (Å²) >= 11 is 1.74. The lowest BCUT2D eigenvalue weighted by Gasteiger charge is -2.27. The normalized spacial score (nSPS) is 17.6. The maximum atomic E-state index is 4.32. The van der Waals surface area contributed by atoms with Gasteiger partial charge in [0.2, 0.25) is 0 Å². The van der Waals surface area contributed by atoms with Crippen LogP contribution in [0.4, 0.5) is 0 Å². The van der Waals surface area contributed by atoms with E-state index in [0.717, 1.165) is 29.5 Å². The molecule has 0 amide bonds. The summed E-state index contributed by atoms with van der Waals surface area (Å²) in [5, 5.41) is 14.1. The van der Waals surface area contributed by atoms with Gasteiger partial charge in [-0.2, -0.15) is 0 Å². The Morgan fingerprint density at radius 3 is 3.06 bits per heavy atom. The van der Waals surface area contributed by atoms with Gasteiger partial charge < -0.3 is 5.32 Å². The fraction of sp³-hybridized carbons (Fsp3) is 0.385. The van der Waals surface area contributed by atoms with Crippen molar-refractivity contribution in [2.75, 3.05) is 6.54 Å². The van der Waals surface area contributed by atoms with Crippen molar-refractivity contribution in [1.29, 1.82) is 0 Å². The van der Waals surface area contributed by atoms with Gasteiger partial charge in [-0.15, -0.1) is 10.2 Å². The molecule has 1 N–H and O–H groups in total. The second kappa shape index (κ2) is 4.55. The van der Waals surface area contributed by atoms with Crippen LogP contribution in [-0.4, -0.2) is 16.7 Å². The number of aromatic nitrogens is 2. The van der Waals surface area contributed by atoms with Crippen molar-refractivity contribution in [2.45, 2.75) is 25.8 Å². The van der Waals surface area contributed by atoms with E-state index in [2.05, 4.69) is 46.7 Å². The highest BCUT2D eigenvalue weighted by atomic mass is 32.1. The lowest BCUT2D eigenvalue weighted by Crippen LogP contribution is -2.17. The first-order chi connectivity index (χ1) is 8.38. The topological polar surface area (TPSA) is 37.8 Å². The Balaban J connectivity index is 1.76. The molecular formula is C13H15N3S. The van der Waals surface area contributed by atoms with Crippen molar-refractivity contribution in [3.05, 3.63) is 45.4 Å². The van der Waals surface area contributed by atoms with Gasteiger partial charge in [-0.25, -0.2) is 0 Å². The largest absolute Gasteiger partial charge is 0.311 e. The predicted molar refractivity (Wildman–Crippen MR) is 69.3 cm³/mol. The molecule has 0 aliphatic heterocycles. The van der Waals surface area contributed by atoms with Gasteiger partial charge in [0.05, 0.1) is 0 Å². The molecule has 1 aromatic heterocycles. The molecule has 3 rings (SSSR count). The van der Waals surface area contributed by atoms with E-state index in [9.17, 15) is 0 Å². The molecule has 1 unspecified atom stereocenters. The van der Waals surface area contributed by atoms with E-state index in [4.69, 9.17) is 0 Å². The van der Waals surface area contributed by atoms with Crippen LogP contribution >= 0.6 is 11.3 Å². The predicted octanol–water partition coefficient (Wildman–Crippen LogP) is 2.34. The summed E-state index contributed by atoms with van der Waals surface area (Å²) in [7, 11) is 0. The smallest absolute Gasteiger partial charge is 0.131 e. The standard InChI is InChI=1S/C13H15N3S/c1-2-14-8-12-15-16-13(17-12)11-7-9-5-3-4-6-10(9)11/h3-6,11,14H,2,7-8H2,1H3. The van der Waals surface area contributed by atoms with E-state index >= 15 is 0 Å². The Morgan fingerprint density at radius 2 is 2.24 bits per heavy atom. The quantitative estimate of drug-likeness (QED) is 0.898. The lowest BCUT2D eigenvalue weighted by molar-refractivity contribution is 0.685. The van der Waals surface area contributed by atoms with Gasteiger partial charge in [0, 0.05) is 12.5 Å². The summed E-state index contributed by atoms with van der Waals surface area (Å²) in [6.45, 7) is 3.91. The summed E-state index contributed by atoms with van der Waals surface area (Å²) in [5.74, 6) is 0.485. The van der Waals surface area contributed by atoms with Gasteiger partial charge in [-0.3, -0.25) is 0 Å². The van der Waals surface area contributed by atoms with Crippen LogP contribution in [0.1, 0.15) is 34.0 Å². The molecule has 17 heavy (non-hydrogen) atoms. The Kier molecular flexibility index (Phi) is 2.91. The van der Waals surface area contributed by atoms with Gasteiger partial charge in [-0.05, 0) is 24.1 Å². The zero-order chi connectivity index (χ0) is 11.7. The summed E-state index contributed by atoms with van der Waals surface area (Å²) in [4.78, 5) is 0. The SMILES string of the molecule is CCNCc1nnc(C2Cc3ccccc32)s1. The van der Waals surface area contributed by atoms with Crippen molar-refractivity contribution < 1.29 is 0 Å². The number of rotatable bonds is 4. The van der Waals surface area contributed by atoms with Crippen LogP contribution in [0.15, 0.2) is 24.3 Å². The van der Waals surface area contributed by atoms with Crippen LogP contribution in [-0.2, 0) is 13.0 Å². The van der Waals surface area contributed by atoms with E-state index in [1.807, 2.05) is 0 Å². The fourth-order valence-corrected chi connectivity index (χ4v) is 3.12. The zero-order valence-electron chi connectivity index (χ0n) is 9.81. The molecule has 0 saturated carbocycles. The Labute approximate surface area is 105 Å². The third-order valence-corrected chi connectivity index (χ3v) is 4.20. The average Bonchev–Trinajstić information content (AvgIpc) is 2.76. The molecule has 0 spiro atoms. The van der Waals surface area contributed by atoms with Crippen LogP contribution in [0, 0.1) is 0 Å². The second-order valence-corrected chi connectivity index (χ2v) is 5.36. The lowest BCUT2D eigenvalue weighted by atomic mass is 9.78. The molecule has 1 atom stereocenters. The first kappa shape index (κ1) is 10.9. The number of nitrogens with one attached hydrogen (secondary N) is 1. The van der Waals surface area contributed by atoms with Crippen molar-refractivity contribution in [3.63, 3.8) is 0 Å². The molecule has 1 aliphatic carbocycles. The molecule has 3 nitrogen and oxygen atoms in total. The van der Waals surface area contributed by atoms with Crippen molar-refractivity contribution in [3.8, 4) is 0 Å². The van der Waals surface area contributed by atoms with Crippen LogP contribution in [0.25, 0.3) is 0 Å². The fourth-order valence-electron chi connectivity index (χ4n) is 2.19. The average molecular weight is 245 g/mol. The van der Waals surface area contributed by atoms with E-state index in [0.29, 0.717) is 5.92 Å². The molecule has 88 valence electrons. The third kappa shape index (κ3) is 1.98. The highest BCUT2D eigenvalue weighted by molar-refractivity contribution is 7.11. The number of benzene rings is 1. The van der Waals surface area contributed by atoms with Crippen molar-refractivity contribution in [2.24, 2.45) is 0 Å². The molecule has 0 fully saturated rings. The first-order valence-electron chi connectivity index (χ1n) is 5.99. The van der Waals surface area contributed by atoms with E-state index in [1.54, 1.807) is 11.3 Å². The van der Waals surface area contributed by atoms with Gasteiger partial charge in [0.15, 0.2) is 0 Å². The van der Waals surface area contributed by atoms with E-state index in [-0.39, 0.29) is 0 Å². The molecule has 4 heteroatoms. The zero-order valence-corrected chi connectivity index (χ0v) is 10.6. The van der Waals surface area contributed by atoms with Crippen LogP contribution in [0.3, 0.4) is 0 Å². The number of fused-ring (bicyclic) bond motifs is 1. The number of nitrogens with zero attached hydrogens (tertiary/aromatic N) is 2. The number of hydrogen-bond donors (Lipinski definition) is 1. The summed E-state index contributed by atoms with van der Waals surface area (Å²) in [6.07, 6.45) is 1.12. The molecule has 1 heterocycles. The minimum Gasteiger partial charge on any atom is -0.311 e. The third-order valence-electron chi connectivity index (χ3n) is 3.16. The molecule has 1 aliphatic rings. The van der Waals surface area contributed by atoms with Gasteiger partial charge in [0.1, 0.15) is 10.0 Å². The minimum absolute atomic E-state index is 0.485. The first-order valence-corrected chi connectivity index (χ1v) is 6.81. The van der Waals surface area contributed by atoms with Crippen LogP contribution in [0.2, 0.25) is 0 Å². The second-order valence-electron chi connectivity index (χ2n) is 4.27. The molecule has 0 bridgehead atoms. The highest BCUT2D eigenvalue weighted by Crippen LogP contribution is 2.40. The highest BCUT2D eigenvalue weighted by Gasteiger charge is 2.29. The monoisotopic (exact) mass is 245 g/mol. The molecule has 2 aromatic rings. The summed E-state index contributed by atoms with van der Waals surface area (Å²) < 4.78 is 0. The molecular weight excluding hydrogens is 230 g/mol. The van der Waals surface area contributed by atoms with Crippen LogP contribution in [0.5, 0.6) is 0 Å².